The van der Waals surface area contributed by atoms with Crippen LogP contribution in [0.25, 0.3) is 0 Å². The predicted molar refractivity (Wildman–Crippen MR) is 52.6 cm³/mol. The maximum Gasteiger partial charge on any atom is 1.00 e. The summed E-state index contributed by atoms with van der Waals surface area (Å²) in [4.78, 5) is 0. The van der Waals surface area contributed by atoms with Gasteiger partial charge in [-0.05, 0) is 28.6 Å². The van der Waals surface area contributed by atoms with Crippen molar-refractivity contribution >= 4 is 11.1 Å². The Bertz CT molecular complexity index is 369. The van der Waals surface area contributed by atoms with Crippen LogP contribution >= 0.6 is 0 Å². The van der Waals surface area contributed by atoms with Crippen LogP contribution in [0.2, 0.25) is 0 Å². The normalized spacial score (nSPS) is 25.5. The number of hydrogen-bond donors (Lipinski definition) is 0. The molecule has 5 heteroatoms. The van der Waals surface area contributed by atoms with Gasteiger partial charge in [-0.2, -0.15) is 0 Å². The molecule has 1 unspecified atom stereocenters. The SMILES string of the molecule is CO[C@H]1c2ccccc2C[C@H]1S(=O)[O-].[Na+]. The summed E-state index contributed by atoms with van der Waals surface area (Å²) in [6, 6.07) is 7.70. The topological polar surface area (TPSA) is 49.4 Å². The van der Waals surface area contributed by atoms with Crippen LogP contribution in [0.3, 0.4) is 0 Å². The summed E-state index contributed by atoms with van der Waals surface area (Å²) in [5, 5.41) is -0.433. The molecule has 1 aromatic rings. The second-order valence-corrected chi connectivity index (χ2v) is 4.48. The third kappa shape index (κ3) is 2.52. The van der Waals surface area contributed by atoms with Crippen LogP contribution in [0.4, 0.5) is 0 Å². The number of ether oxygens (including phenoxy) is 1. The predicted octanol–water partition coefficient (Wildman–Crippen LogP) is -1.82. The van der Waals surface area contributed by atoms with E-state index in [2.05, 4.69) is 0 Å². The van der Waals surface area contributed by atoms with Gasteiger partial charge < -0.3 is 9.29 Å². The molecule has 3 nitrogen and oxygen atoms in total. The summed E-state index contributed by atoms with van der Waals surface area (Å²) in [7, 11) is 1.55. The maximum absolute atomic E-state index is 11.0. The van der Waals surface area contributed by atoms with E-state index >= 15 is 0 Å². The van der Waals surface area contributed by atoms with Crippen molar-refractivity contribution in [3.8, 4) is 0 Å². The third-order valence-electron chi connectivity index (χ3n) is 2.62. The quantitative estimate of drug-likeness (QED) is 0.447. The van der Waals surface area contributed by atoms with E-state index in [9.17, 15) is 8.76 Å². The van der Waals surface area contributed by atoms with Crippen molar-refractivity contribution in [2.45, 2.75) is 17.8 Å². The van der Waals surface area contributed by atoms with E-state index in [4.69, 9.17) is 4.74 Å². The Labute approximate surface area is 114 Å². The fraction of sp³-hybridized carbons (Fsp3) is 0.400. The first-order chi connectivity index (χ1) is 6.74. The minimum atomic E-state index is -2.07. The van der Waals surface area contributed by atoms with Crippen molar-refractivity contribution in [3.05, 3.63) is 35.4 Å². The molecule has 0 amide bonds. The summed E-state index contributed by atoms with van der Waals surface area (Å²) < 4.78 is 27.1. The van der Waals surface area contributed by atoms with Crippen molar-refractivity contribution < 1.29 is 43.1 Å². The van der Waals surface area contributed by atoms with Gasteiger partial charge >= 0.3 is 29.6 Å². The van der Waals surface area contributed by atoms with Crippen LogP contribution < -0.4 is 29.6 Å². The van der Waals surface area contributed by atoms with Crippen molar-refractivity contribution in [2.24, 2.45) is 0 Å². The average molecular weight is 234 g/mol. The zero-order valence-electron chi connectivity index (χ0n) is 8.80. The van der Waals surface area contributed by atoms with Gasteiger partial charge in [-0.3, -0.25) is 4.21 Å². The molecule has 76 valence electrons. The molecule has 0 saturated carbocycles. The number of rotatable bonds is 2. The number of methoxy groups -OCH3 is 1. The molecule has 0 N–H and O–H groups in total. The first kappa shape index (κ1) is 13.4. The van der Waals surface area contributed by atoms with Crippen LogP contribution in [0, 0.1) is 0 Å². The van der Waals surface area contributed by atoms with Crippen molar-refractivity contribution in [1.29, 1.82) is 0 Å². The summed E-state index contributed by atoms with van der Waals surface area (Å²) in [5.74, 6) is 0. The minimum absolute atomic E-state index is 0. The fourth-order valence-corrected chi connectivity index (χ4v) is 2.74. The monoisotopic (exact) mass is 234 g/mol. The Kier molecular flexibility index (Phi) is 4.96. The molecule has 0 aliphatic heterocycles. The molecule has 0 bridgehead atoms. The number of hydrogen-bond acceptors (Lipinski definition) is 3. The first-order valence-corrected chi connectivity index (χ1v) is 5.56. The fourth-order valence-electron chi connectivity index (χ4n) is 1.97. The molecule has 15 heavy (non-hydrogen) atoms. The molecule has 1 aliphatic carbocycles. The molecule has 2 rings (SSSR count). The molecule has 1 aliphatic rings. The van der Waals surface area contributed by atoms with Crippen LogP contribution in [-0.4, -0.2) is 21.1 Å². The van der Waals surface area contributed by atoms with Gasteiger partial charge in [-0.25, -0.2) is 0 Å². The Balaban J connectivity index is 0.00000112. The van der Waals surface area contributed by atoms with E-state index in [0.29, 0.717) is 6.42 Å². The largest absolute Gasteiger partial charge is 1.00 e. The average Bonchev–Trinajstić information content (AvgIpc) is 2.56. The van der Waals surface area contributed by atoms with E-state index in [-0.39, 0.29) is 35.7 Å². The second-order valence-electron chi connectivity index (χ2n) is 3.36. The van der Waals surface area contributed by atoms with Gasteiger partial charge in [0, 0.05) is 7.11 Å². The molecule has 0 spiro atoms. The van der Waals surface area contributed by atoms with Crippen molar-refractivity contribution in [1.82, 2.24) is 0 Å². The Morgan fingerprint density at radius 1 is 1.47 bits per heavy atom. The molecule has 0 heterocycles. The molecular formula is C10H11NaO3S. The van der Waals surface area contributed by atoms with E-state index in [1.807, 2.05) is 24.3 Å². The smallest absolute Gasteiger partial charge is 0.772 e. The second kappa shape index (κ2) is 5.57. The van der Waals surface area contributed by atoms with Gasteiger partial charge in [0.25, 0.3) is 0 Å². The molecule has 1 aromatic carbocycles. The molecule has 0 fully saturated rings. The summed E-state index contributed by atoms with van der Waals surface area (Å²) >= 11 is -2.07. The Morgan fingerprint density at radius 3 is 2.73 bits per heavy atom. The molecule has 0 radical (unpaired) electrons. The van der Waals surface area contributed by atoms with Gasteiger partial charge in [0.15, 0.2) is 0 Å². The van der Waals surface area contributed by atoms with Gasteiger partial charge in [0.1, 0.15) is 0 Å². The van der Waals surface area contributed by atoms with E-state index in [1.165, 1.54) is 0 Å². The van der Waals surface area contributed by atoms with Crippen molar-refractivity contribution in [3.63, 3.8) is 0 Å². The third-order valence-corrected chi connectivity index (χ3v) is 3.53. The van der Waals surface area contributed by atoms with E-state index < -0.39 is 16.3 Å². The maximum atomic E-state index is 11.0. The number of fused-ring (bicyclic) bond motifs is 1. The van der Waals surface area contributed by atoms with Gasteiger partial charge in [-0.15, -0.1) is 0 Å². The number of benzene rings is 1. The zero-order valence-corrected chi connectivity index (χ0v) is 11.6. The zero-order chi connectivity index (χ0) is 10.1. The molecule has 3 atom stereocenters. The van der Waals surface area contributed by atoms with Crippen LogP contribution in [0.15, 0.2) is 24.3 Å². The van der Waals surface area contributed by atoms with Gasteiger partial charge in [0.05, 0.1) is 11.4 Å². The summed E-state index contributed by atoms with van der Waals surface area (Å²) in [5.41, 5.74) is 2.08. The minimum Gasteiger partial charge on any atom is -0.772 e. The molecule has 0 saturated heterocycles. The van der Waals surface area contributed by atoms with Crippen LogP contribution in [0.1, 0.15) is 17.2 Å². The summed E-state index contributed by atoms with van der Waals surface area (Å²) in [6.07, 6.45) is 0.259. The standard InChI is InChI=1S/C10H12O3S.Na/c1-13-10-8-5-3-2-4-7(8)6-9(10)14(11)12;/h2-5,9-10H,6H2,1H3,(H,11,12);/q;+1/p-1/t9-,10+;/m1./s1. The van der Waals surface area contributed by atoms with Crippen molar-refractivity contribution in [2.75, 3.05) is 7.11 Å². The van der Waals surface area contributed by atoms with Crippen LogP contribution in [-0.2, 0) is 22.2 Å². The Morgan fingerprint density at radius 2 is 2.13 bits per heavy atom. The molecular weight excluding hydrogens is 223 g/mol. The van der Waals surface area contributed by atoms with Crippen LogP contribution in [0.5, 0.6) is 0 Å². The van der Waals surface area contributed by atoms with Gasteiger partial charge in [-0.1, -0.05) is 24.3 Å². The first-order valence-electron chi connectivity index (χ1n) is 4.42. The Hall–Kier alpha value is 0.290. The summed E-state index contributed by atoms with van der Waals surface area (Å²) in [6.45, 7) is 0. The van der Waals surface area contributed by atoms with E-state index in [0.717, 1.165) is 11.1 Å². The van der Waals surface area contributed by atoms with Gasteiger partial charge in [0.2, 0.25) is 0 Å². The van der Waals surface area contributed by atoms with E-state index in [1.54, 1.807) is 7.11 Å². The molecule has 0 aromatic heterocycles.